The van der Waals surface area contributed by atoms with Crippen LogP contribution in [0, 0.1) is 5.41 Å². The number of aliphatic hydroxyl groups excluding tert-OH is 2. The van der Waals surface area contributed by atoms with E-state index in [2.05, 4.69) is 0 Å². The van der Waals surface area contributed by atoms with Crippen molar-refractivity contribution in [1.82, 2.24) is 0 Å². The highest BCUT2D eigenvalue weighted by Gasteiger charge is 2.48. The number of carbonyl (C=O) groups excluding carboxylic acids is 1. The third-order valence-electron chi connectivity index (χ3n) is 2.55. The van der Waals surface area contributed by atoms with Crippen LogP contribution in [0.4, 0.5) is 0 Å². The number of esters is 1. The molecule has 0 bridgehead atoms. The number of rotatable bonds is 8. The fraction of sp³-hybridized carbons (Fsp3) is 0.818. The van der Waals surface area contributed by atoms with Gasteiger partial charge in [0, 0.05) is 6.42 Å². The van der Waals surface area contributed by atoms with Crippen molar-refractivity contribution in [1.29, 1.82) is 0 Å². The van der Waals surface area contributed by atoms with E-state index in [9.17, 15) is 19.8 Å². The molecule has 0 fully saturated rings. The van der Waals surface area contributed by atoms with E-state index in [1.54, 1.807) is 13.8 Å². The molecular weight excluding hydrogens is 228 g/mol. The van der Waals surface area contributed by atoms with Crippen molar-refractivity contribution >= 4 is 11.9 Å². The van der Waals surface area contributed by atoms with Crippen LogP contribution in [0.3, 0.4) is 0 Å². The number of carboxylic acid groups (broad SMARTS) is 1. The van der Waals surface area contributed by atoms with Crippen LogP contribution < -0.4 is 0 Å². The molecule has 0 rings (SSSR count). The van der Waals surface area contributed by atoms with E-state index in [1.807, 2.05) is 0 Å². The number of carbonyl (C=O) groups is 2. The number of aliphatic carboxylic acids is 1. The maximum Gasteiger partial charge on any atom is 0.323 e. The molecule has 0 spiro atoms. The minimum Gasteiger partial charge on any atom is -0.480 e. The lowest BCUT2D eigenvalue weighted by molar-refractivity contribution is -0.172. The highest BCUT2D eigenvalue weighted by molar-refractivity contribution is 5.99. The smallest absolute Gasteiger partial charge is 0.323 e. The van der Waals surface area contributed by atoms with Crippen LogP contribution >= 0.6 is 0 Å². The normalized spacial score (nSPS) is 16.0. The number of carboxylic acids is 1. The molecule has 0 aliphatic carbocycles. The SMILES string of the molecule is CCCC(CC(O)CO)(C(=O)O)C(=O)OCC. The van der Waals surface area contributed by atoms with Gasteiger partial charge in [0.1, 0.15) is 0 Å². The van der Waals surface area contributed by atoms with E-state index in [0.29, 0.717) is 6.42 Å². The van der Waals surface area contributed by atoms with E-state index >= 15 is 0 Å². The Hall–Kier alpha value is -1.14. The summed E-state index contributed by atoms with van der Waals surface area (Å²) in [7, 11) is 0. The number of ether oxygens (including phenoxy) is 1. The Bertz CT molecular complexity index is 265. The summed E-state index contributed by atoms with van der Waals surface area (Å²) in [6.07, 6.45) is -1.06. The van der Waals surface area contributed by atoms with Crippen LogP contribution in [0.2, 0.25) is 0 Å². The van der Waals surface area contributed by atoms with Gasteiger partial charge >= 0.3 is 11.9 Å². The highest BCUT2D eigenvalue weighted by atomic mass is 16.5. The first-order valence-corrected chi connectivity index (χ1v) is 5.64. The van der Waals surface area contributed by atoms with Gasteiger partial charge in [-0.1, -0.05) is 13.3 Å². The molecule has 2 unspecified atom stereocenters. The Balaban J connectivity index is 5.11. The van der Waals surface area contributed by atoms with Gasteiger partial charge in [-0.15, -0.1) is 0 Å². The van der Waals surface area contributed by atoms with Crippen molar-refractivity contribution in [3.63, 3.8) is 0 Å². The molecule has 6 nitrogen and oxygen atoms in total. The zero-order chi connectivity index (χ0) is 13.5. The molecule has 2 atom stereocenters. The second-order valence-corrected chi connectivity index (χ2v) is 3.90. The van der Waals surface area contributed by atoms with E-state index < -0.39 is 30.1 Å². The van der Waals surface area contributed by atoms with Crippen LogP contribution in [-0.4, -0.2) is 46.6 Å². The standard InChI is InChI=1S/C11H20O6/c1-3-5-11(9(14)15,6-8(13)7-12)10(16)17-4-2/h8,12-13H,3-7H2,1-2H3,(H,14,15). The molecule has 0 aromatic carbocycles. The molecule has 17 heavy (non-hydrogen) atoms. The monoisotopic (exact) mass is 248 g/mol. The largest absolute Gasteiger partial charge is 0.480 e. The van der Waals surface area contributed by atoms with Gasteiger partial charge < -0.3 is 20.1 Å². The van der Waals surface area contributed by atoms with Crippen LogP contribution in [-0.2, 0) is 14.3 Å². The predicted molar refractivity (Wildman–Crippen MR) is 59.3 cm³/mol. The van der Waals surface area contributed by atoms with Gasteiger partial charge in [-0.2, -0.15) is 0 Å². The Morgan fingerprint density at radius 1 is 1.35 bits per heavy atom. The van der Waals surface area contributed by atoms with Crippen LogP contribution in [0.25, 0.3) is 0 Å². The molecule has 0 aromatic heterocycles. The van der Waals surface area contributed by atoms with Crippen LogP contribution in [0.5, 0.6) is 0 Å². The Labute approximate surface area is 100 Å². The van der Waals surface area contributed by atoms with Gasteiger partial charge in [0.15, 0.2) is 5.41 Å². The quantitative estimate of drug-likeness (QED) is 0.417. The molecule has 0 saturated heterocycles. The van der Waals surface area contributed by atoms with Crippen molar-refractivity contribution in [2.75, 3.05) is 13.2 Å². The molecule has 6 heteroatoms. The van der Waals surface area contributed by atoms with Gasteiger partial charge in [0.05, 0.1) is 19.3 Å². The first-order chi connectivity index (χ1) is 7.94. The molecule has 0 heterocycles. The van der Waals surface area contributed by atoms with Crippen molar-refractivity contribution in [3.05, 3.63) is 0 Å². The summed E-state index contributed by atoms with van der Waals surface area (Å²) in [6.45, 7) is 2.81. The van der Waals surface area contributed by atoms with Gasteiger partial charge in [0.2, 0.25) is 0 Å². The molecule has 0 amide bonds. The number of aliphatic hydroxyl groups is 2. The summed E-state index contributed by atoms with van der Waals surface area (Å²) in [4.78, 5) is 23.0. The average Bonchev–Trinajstić information content (AvgIpc) is 2.28. The first-order valence-electron chi connectivity index (χ1n) is 5.64. The van der Waals surface area contributed by atoms with E-state index in [1.165, 1.54) is 0 Å². The lowest BCUT2D eigenvalue weighted by atomic mass is 9.78. The van der Waals surface area contributed by atoms with Crippen LogP contribution in [0.1, 0.15) is 33.1 Å². The summed E-state index contributed by atoms with van der Waals surface area (Å²) >= 11 is 0. The summed E-state index contributed by atoms with van der Waals surface area (Å²) in [5.41, 5.74) is -1.77. The lowest BCUT2D eigenvalue weighted by Gasteiger charge is -2.28. The van der Waals surface area contributed by atoms with Gasteiger partial charge in [-0.25, -0.2) is 0 Å². The Kier molecular flexibility index (Phi) is 6.75. The molecule has 3 N–H and O–H groups in total. The van der Waals surface area contributed by atoms with Gasteiger partial charge in [-0.05, 0) is 13.3 Å². The summed E-state index contributed by atoms with van der Waals surface area (Å²) in [6, 6.07) is 0. The van der Waals surface area contributed by atoms with Crippen LogP contribution in [0.15, 0.2) is 0 Å². The van der Waals surface area contributed by atoms with Crippen molar-refractivity contribution in [2.45, 2.75) is 39.2 Å². The zero-order valence-corrected chi connectivity index (χ0v) is 10.2. The molecular formula is C11H20O6. The fourth-order valence-corrected chi connectivity index (χ4v) is 1.73. The first kappa shape index (κ1) is 15.9. The van der Waals surface area contributed by atoms with Crippen molar-refractivity contribution in [2.24, 2.45) is 5.41 Å². The number of hydrogen-bond acceptors (Lipinski definition) is 5. The minimum atomic E-state index is -1.77. The molecule has 100 valence electrons. The van der Waals surface area contributed by atoms with E-state index in [-0.39, 0.29) is 19.4 Å². The zero-order valence-electron chi connectivity index (χ0n) is 10.2. The Morgan fingerprint density at radius 2 is 1.94 bits per heavy atom. The molecule has 0 aromatic rings. The maximum atomic E-state index is 11.8. The number of hydrogen-bond donors (Lipinski definition) is 3. The topological polar surface area (TPSA) is 104 Å². The summed E-state index contributed by atoms with van der Waals surface area (Å²) in [5.74, 6) is -2.19. The molecule has 0 saturated carbocycles. The molecule has 0 aliphatic heterocycles. The van der Waals surface area contributed by atoms with Gasteiger partial charge in [-0.3, -0.25) is 9.59 Å². The fourth-order valence-electron chi connectivity index (χ4n) is 1.73. The van der Waals surface area contributed by atoms with E-state index in [0.717, 1.165) is 0 Å². The Morgan fingerprint density at radius 3 is 2.29 bits per heavy atom. The summed E-state index contributed by atoms with van der Waals surface area (Å²) < 4.78 is 4.75. The third-order valence-corrected chi connectivity index (χ3v) is 2.55. The average molecular weight is 248 g/mol. The third kappa shape index (κ3) is 3.98. The van der Waals surface area contributed by atoms with E-state index in [4.69, 9.17) is 9.84 Å². The summed E-state index contributed by atoms with van der Waals surface area (Å²) in [5, 5.41) is 27.3. The maximum absolute atomic E-state index is 11.8. The van der Waals surface area contributed by atoms with Gasteiger partial charge in [0.25, 0.3) is 0 Å². The van der Waals surface area contributed by atoms with Crippen molar-refractivity contribution < 1.29 is 29.6 Å². The highest BCUT2D eigenvalue weighted by Crippen LogP contribution is 2.32. The second kappa shape index (κ2) is 7.24. The molecule has 0 radical (unpaired) electrons. The predicted octanol–water partition coefficient (Wildman–Crippen LogP) is 0.164. The second-order valence-electron chi connectivity index (χ2n) is 3.90. The molecule has 0 aliphatic rings. The van der Waals surface area contributed by atoms with Crippen molar-refractivity contribution in [3.8, 4) is 0 Å². The lowest BCUT2D eigenvalue weighted by Crippen LogP contribution is -2.44. The minimum absolute atomic E-state index is 0.0677.